The van der Waals surface area contributed by atoms with Crippen LogP contribution in [0.5, 0.6) is 0 Å². The second-order valence-corrected chi connectivity index (χ2v) is 8.67. The first kappa shape index (κ1) is 19.3. The molecule has 0 spiro atoms. The van der Waals surface area contributed by atoms with Gasteiger partial charge in [-0.3, -0.25) is 0 Å². The monoisotopic (exact) mass is 409 g/mol. The Labute approximate surface area is 175 Å². The van der Waals surface area contributed by atoms with Crippen molar-refractivity contribution in [3.05, 3.63) is 24.0 Å². The van der Waals surface area contributed by atoms with Gasteiger partial charge in [-0.1, -0.05) is 0 Å². The lowest BCUT2D eigenvalue weighted by atomic mass is 10.1. The third-order valence-corrected chi connectivity index (χ3v) is 5.65. The van der Waals surface area contributed by atoms with E-state index in [2.05, 4.69) is 33.3 Å². The van der Waals surface area contributed by atoms with Crippen LogP contribution in [0.3, 0.4) is 0 Å². The molecule has 2 aliphatic heterocycles. The van der Waals surface area contributed by atoms with E-state index >= 15 is 0 Å². The molecule has 0 unspecified atom stereocenters. The van der Waals surface area contributed by atoms with Crippen LogP contribution >= 0.6 is 0 Å². The summed E-state index contributed by atoms with van der Waals surface area (Å²) in [7, 11) is 0. The summed E-state index contributed by atoms with van der Waals surface area (Å²) in [6.45, 7) is 13.0. The lowest BCUT2D eigenvalue weighted by Gasteiger charge is -2.36. The van der Waals surface area contributed by atoms with Crippen molar-refractivity contribution in [2.75, 3.05) is 24.6 Å². The lowest BCUT2D eigenvalue weighted by Crippen LogP contribution is -2.46. The molecule has 9 nitrogen and oxygen atoms in total. The average Bonchev–Trinajstić information content (AvgIpc) is 3.07. The highest BCUT2D eigenvalue weighted by Gasteiger charge is 2.35. The molecule has 5 heterocycles. The van der Waals surface area contributed by atoms with Gasteiger partial charge in [0.2, 0.25) is 0 Å². The normalized spacial score (nSPS) is 23.6. The fourth-order valence-corrected chi connectivity index (χ4v) is 4.32. The van der Waals surface area contributed by atoms with Gasteiger partial charge in [0.05, 0.1) is 24.4 Å². The number of imidazole rings is 1. The van der Waals surface area contributed by atoms with Crippen LogP contribution in [0.25, 0.3) is 22.6 Å². The van der Waals surface area contributed by atoms with E-state index in [1.165, 1.54) is 0 Å². The zero-order valence-electron chi connectivity index (χ0n) is 18.1. The molecular weight excluding hydrogens is 382 g/mol. The number of ether oxygens (including phenoxy) is 2. The molecule has 0 radical (unpaired) electrons. The van der Waals surface area contributed by atoms with Crippen LogP contribution in [0.15, 0.2) is 12.4 Å². The van der Waals surface area contributed by atoms with Crippen LogP contribution in [-0.2, 0) is 21.6 Å². The summed E-state index contributed by atoms with van der Waals surface area (Å²) in [5.41, 5.74) is 1.95. The zero-order valence-corrected chi connectivity index (χ0v) is 18.1. The minimum absolute atomic E-state index is 0.113. The number of aryl methyl sites for hydroxylation is 1. The Balaban J connectivity index is 1.74. The maximum absolute atomic E-state index is 5.98. The molecule has 0 aromatic carbocycles. The predicted octanol–water partition coefficient (Wildman–Crippen LogP) is 2.47. The fraction of sp³-hybridized carbons (Fsp3) is 0.571. The van der Waals surface area contributed by atoms with Crippen molar-refractivity contribution in [3.63, 3.8) is 0 Å². The standard InChI is InChI=1S/C21H27N7O2/c1-12-10-27(11-13(2)30-12)18-16-19(28-6-7-29-21(4,5)20(28)24-16)26-17(25-18)15-8-22-14(3)23-9-15/h8-9,12-13H,6-7,10-11H2,1-5H3/t12-,13+. The summed E-state index contributed by atoms with van der Waals surface area (Å²) in [6.07, 6.45) is 3.78. The molecular formula is C21H27N7O2. The van der Waals surface area contributed by atoms with E-state index in [0.29, 0.717) is 19.0 Å². The summed E-state index contributed by atoms with van der Waals surface area (Å²) in [5, 5.41) is 0. The van der Waals surface area contributed by atoms with E-state index in [-0.39, 0.29) is 12.2 Å². The third kappa shape index (κ3) is 3.22. The number of nitrogens with zero attached hydrogens (tertiary/aromatic N) is 7. The first-order chi connectivity index (χ1) is 14.3. The molecule has 5 rings (SSSR count). The fourth-order valence-electron chi connectivity index (χ4n) is 4.32. The minimum Gasteiger partial charge on any atom is -0.372 e. The molecule has 0 bridgehead atoms. The van der Waals surface area contributed by atoms with Crippen molar-refractivity contribution in [2.45, 2.75) is 59.0 Å². The molecule has 9 heteroatoms. The Morgan fingerprint density at radius 3 is 2.43 bits per heavy atom. The topological polar surface area (TPSA) is 91.1 Å². The first-order valence-electron chi connectivity index (χ1n) is 10.4. The van der Waals surface area contributed by atoms with Crippen molar-refractivity contribution < 1.29 is 9.47 Å². The van der Waals surface area contributed by atoms with E-state index in [0.717, 1.165) is 47.3 Å². The number of aromatic nitrogens is 6. The average molecular weight is 409 g/mol. The molecule has 1 saturated heterocycles. The van der Waals surface area contributed by atoms with Gasteiger partial charge in [0.15, 0.2) is 22.8 Å². The van der Waals surface area contributed by atoms with Gasteiger partial charge < -0.3 is 18.9 Å². The smallest absolute Gasteiger partial charge is 0.167 e. The highest BCUT2D eigenvalue weighted by Crippen LogP contribution is 2.35. The van der Waals surface area contributed by atoms with Crippen LogP contribution in [0.1, 0.15) is 39.3 Å². The Kier molecular flexibility index (Phi) is 4.48. The summed E-state index contributed by atoms with van der Waals surface area (Å²) in [4.78, 5) is 25.8. The maximum Gasteiger partial charge on any atom is 0.167 e. The molecule has 0 aliphatic carbocycles. The van der Waals surface area contributed by atoms with Gasteiger partial charge in [0.25, 0.3) is 0 Å². The Hall–Kier alpha value is -2.65. The maximum atomic E-state index is 5.98. The van der Waals surface area contributed by atoms with Crippen LogP contribution in [0.2, 0.25) is 0 Å². The second kappa shape index (κ2) is 6.95. The van der Waals surface area contributed by atoms with Crippen molar-refractivity contribution in [1.82, 2.24) is 29.5 Å². The van der Waals surface area contributed by atoms with Crippen LogP contribution in [0, 0.1) is 6.92 Å². The van der Waals surface area contributed by atoms with Crippen LogP contribution < -0.4 is 4.90 Å². The molecule has 0 amide bonds. The van der Waals surface area contributed by atoms with Crippen molar-refractivity contribution >= 4 is 17.0 Å². The van der Waals surface area contributed by atoms with Crippen molar-refractivity contribution in [2.24, 2.45) is 0 Å². The Bertz CT molecular complexity index is 1080. The van der Waals surface area contributed by atoms with E-state index in [4.69, 9.17) is 24.4 Å². The third-order valence-electron chi connectivity index (χ3n) is 5.65. The molecule has 3 aromatic heterocycles. The van der Waals surface area contributed by atoms with Gasteiger partial charge in [0.1, 0.15) is 17.2 Å². The summed E-state index contributed by atoms with van der Waals surface area (Å²) < 4.78 is 14.1. The highest BCUT2D eigenvalue weighted by molar-refractivity contribution is 5.86. The molecule has 0 saturated carbocycles. The number of hydrogen-bond acceptors (Lipinski definition) is 8. The highest BCUT2D eigenvalue weighted by atomic mass is 16.5. The zero-order chi connectivity index (χ0) is 21.0. The van der Waals surface area contributed by atoms with E-state index < -0.39 is 5.60 Å². The summed E-state index contributed by atoms with van der Waals surface area (Å²) >= 11 is 0. The first-order valence-corrected chi connectivity index (χ1v) is 10.4. The summed E-state index contributed by atoms with van der Waals surface area (Å²) in [5.74, 6) is 3.04. The molecule has 30 heavy (non-hydrogen) atoms. The van der Waals surface area contributed by atoms with Crippen LogP contribution in [-0.4, -0.2) is 61.4 Å². The summed E-state index contributed by atoms with van der Waals surface area (Å²) in [6, 6.07) is 0. The van der Waals surface area contributed by atoms with Crippen molar-refractivity contribution in [3.8, 4) is 11.4 Å². The van der Waals surface area contributed by atoms with Crippen LogP contribution in [0.4, 0.5) is 5.82 Å². The van der Waals surface area contributed by atoms with Gasteiger partial charge >= 0.3 is 0 Å². The van der Waals surface area contributed by atoms with Gasteiger partial charge in [-0.2, -0.15) is 0 Å². The van der Waals surface area contributed by atoms with Gasteiger partial charge in [-0.25, -0.2) is 24.9 Å². The Morgan fingerprint density at radius 2 is 1.73 bits per heavy atom. The molecule has 158 valence electrons. The van der Waals surface area contributed by atoms with Gasteiger partial charge in [-0.15, -0.1) is 0 Å². The van der Waals surface area contributed by atoms with E-state index in [1.54, 1.807) is 12.4 Å². The van der Waals surface area contributed by atoms with Gasteiger partial charge in [-0.05, 0) is 34.6 Å². The largest absolute Gasteiger partial charge is 0.372 e. The lowest BCUT2D eigenvalue weighted by molar-refractivity contribution is -0.0530. The number of rotatable bonds is 2. The SMILES string of the molecule is Cc1ncc(-c2nc(N3C[C@@H](C)O[C@@H](C)C3)c3nc4n(c3n2)CCOC4(C)C)cn1. The number of morpholine rings is 1. The predicted molar refractivity (Wildman–Crippen MR) is 112 cm³/mol. The molecule has 0 N–H and O–H groups in total. The number of anilines is 1. The van der Waals surface area contributed by atoms with Crippen molar-refractivity contribution in [1.29, 1.82) is 0 Å². The molecule has 2 atom stereocenters. The number of fused-ring (bicyclic) bond motifs is 3. The second-order valence-electron chi connectivity index (χ2n) is 8.67. The molecule has 3 aromatic rings. The Morgan fingerprint density at radius 1 is 1.03 bits per heavy atom. The molecule has 2 aliphatic rings. The quantitative estimate of drug-likeness (QED) is 0.638. The number of hydrogen-bond donors (Lipinski definition) is 0. The minimum atomic E-state index is -0.477. The van der Waals surface area contributed by atoms with E-state index in [1.807, 2.05) is 20.8 Å². The molecule has 1 fully saturated rings. The van der Waals surface area contributed by atoms with Gasteiger partial charge in [0, 0.05) is 32.0 Å². The van der Waals surface area contributed by atoms with E-state index in [9.17, 15) is 0 Å².